The fourth-order valence-corrected chi connectivity index (χ4v) is 2.66. The van der Waals surface area contributed by atoms with Crippen LogP contribution in [0.2, 0.25) is 0 Å². The minimum absolute atomic E-state index is 0.668. The van der Waals surface area contributed by atoms with Gasteiger partial charge in [0.1, 0.15) is 0 Å². The van der Waals surface area contributed by atoms with Crippen molar-refractivity contribution in [1.29, 1.82) is 0 Å². The number of aromatic nitrogens is 2. The van der Waals surface area contributed by atoms with E-state index in [2.05, 4.69) is 27.0 Å². The van der Waals surface area contributed by atoms with Crippen molar-refractivity contribution >= 4 is 5.69 Å². The molecule has 2 aromatic heterocycles. The van der Waals surface area contributed by atoms with Crippen LogP contribution in [0.15, 0.2) is 36.8 Å². The van der Waals surface area contributed by atoms with Crippen molar-refractivity contribution in [3.63, 3.8) is 0 Å². The van der Waals surface area contributed by atoms with Gasteiger partial charge >= 0.3 is 0 Å². The van der Waals surface area contributed by atoms with Crippen molar-refractivity contribution in [2.75, 3.05) is 18.8 Å². The maximum absolute atomic E-state index is 5.75. The van der Waals surface area contributed by atoms with Crippen LogP contribution in [0.5, 0.6) is 0 Å². The Morgan fingerprint density at radius 1 is 1.05 bits per heavy atom. The van der Waals surface area contributed by atoms with E-state index in [0.29, 0.717) is 5.69 Å². The third-order valence-electron chi connectivity index (χ3n) is 3.73. The van der Waals surface area contributed by atoms with Gasteiger partial charge in [-0.1, -0.05) is 12.5 Å². The lowest BCUT2D eigenvalue weighted by molar-refractivity contribution is 0.220. The first kappa shape index (κ1) is 13.1. The number of piperidine rings is 1. The molecule has 0 aliphatic carbocycles. The Hall–Kier alpha value is -1.94. The lowest BCUT2D eigenvalue weighted by Gasteiger charge is -2.26. The zero-order valence-corrected chi connectivity index (χ0v) is 11.6. The molecule has 0 unspecified atom stereocenters. The Kier molecular flexibility index (Phi) is 3.92. The van der Waals surface area contributed by atoms with Gasteiger partial charge in [-0.3, -0.25) is 14.9 Å². The molecule has 20 heavy (non-hydrogen) atoms. The van der Waals surface area contributed by atoms with Crippen LogP contribution in [0.1, 0.15) is 24.8 Å². The minimum Gasteiger partial charge on any atom is -0.397 e. The van der Waals surface area contributed by atoms with Crippen LogP contribution in [0.25, 0.3) is 11.3 Å². The highest BCUT2D eigenvalue weighted by molar-refractivity contribution is 5.62. The smallest absolute Gasteiger partial charge is 0.0718 e. The third-order valence-corrected chi connectivity index (χ3v) is 3.73. The Bertz CT molecular complexity index is 559. The molecule has 0 bridgehead atoms. The van der Waals surface area contributed by atoms with Gasteiger partial charge in [0.25, 0.3) is 0 Å². The molecule has 4 nitrogen and oxygen atoms in total. The van der Waals surface area contributed by atoms with Gasteiger partial charge in [0.2, 0.25) is 0 Å². The molecule has 2 N–H and O–H groups in total. The van der Waals surface area contributed by atoms with Gasteiger partial charge in [-0.15, -0.1) is 0 Å². The quantitative estimate of drug-likeness (QED) is 0.930. The van der Waals surface area contributed by atoms with Gasteiger partial charge in [0.15, 0.2) is 0 Å². The highest BCUT2D eigenvalue weighted by atomic mass is 15.1. The van der Waals surface area contributed by atoms with Gasteiger partial charge in [-0.25, -0.2) is 0 Å². The summed E-state index contributed by atoms with van der Waals surface area (Å²) in [6.07, 6.45) is 9.42. The van der Waals surface area contributed by atoms with E-state index in [1.165, 1.54) is 37.9 Å². The second-order valence-electron chi connectivity index (χ2n) is 5.40. The molecule has 1 saturated heterocycles. The Morgan fingerprint density at radius 2 is 1.90 bits per heavy atom. The van der Waals surface area contributed by atoms with Crippen LogP contribution < -0.4 is 5.73 Å². The second kappa shape index (κ2) is 6.01. The van der Waals surface area contributed by atoms with Crippen molar-refractivity contribution in [2.45, 2.75) is 25.8 Å². The first-order chi connectivity index (χ1) is 9.81. The molecule has 3 rings (SSSR count). The molecule has 3 heterocycles. The number of hydrogen-bond acceptors (Lipinski definition) is 4. The topological polar surface area (TPSA) is 55.0 Å². The highest BCUT2D eigenvalue weighted by Gasteiger charge is 2.10. The molecular formula is C16H20N4. The zero-order chi connectivity index (χ0) is 13.8. The van der Waals surface area contributed by atoms with E-state index >= 15 is 0 Å². The molecule has 1 aliphatic heterocycles. The predicted molar refractivity (Wildman–Crippen MR) is 81.0 cm³/mol. The van der Waals surface area contributed by atoms with Crippen LogP contribution in [-0.4, -0.2) is 28.0 Å². The highest BCUT2D eigenvalue weighted by Crippen LogP contribution is 2.19. The zero-order valence-electron chi connectivity index (χ0n) is 11.6. The summed E-state index contributed by atoms with van der Waals surface area (Å²) < 4.78 is 0. The fraction of sp³-hybridized carbons (Fsp3) is 0.375. The number of likely N-dealkylation sites (tertiary alicyclic amines) is 1. The Morgan fingerprint density at radius 3 is 2.60 bits per heavy atom. The van der Waals surface area contributed by atoms with E-state index in [9.17, 15) is 0 Å². The maximum Gasteiger partial charge on any atom is 0.0718 e. The van der Waals surface area contributed by atoms with Crippen LogP contribution in [0, 0.1) is 0 Å². The summed E-state index contributed by atoms with van der Waals surface area (Å²) in [5, 5.41) is 0. The number of rotatable bonds is 3. The molecule has 0 atom stereocenters. The summed E-state index contributed by atoms with van der Waals surface area (Å²) in [5.74, 6) is 0. The van der Waals surface area contributed by atoms with Crippen LogP contribution in [0.4, 0.5) is 5.69 Å². The number of anilines is 1. The predicted octanol–water partition coefficient (Wildman–Crippen LogP) is 2.71. The number of pyridine rings is 2. The minimum atomic E-state index is 0.668. The molecule has 2 aromatic rings. The van der Waals surface area contributed by atoms with E-state index in [4.69, 9.17) is 5.73 Å². The number of nitrogen functional groups attached to an aromatic ring is 1. The van der Waals surface area contributed by atoms with Gasteiger partial charge in [-0.2, -0.15) is 0 Å². The standard InChI is InChI=1S/C16H20N4/c17-15-8-14(10-18-11-15)16-5-4-13(9-19-16)12-20-6-2-1-3-7-20/h4-5,8-11H,1-3,6-7,12,17H2. The summed E-state index contributed by atoms with van der Waals surface area (Å²) in [7, 11) is 0. The van der Waals surface area contributed by atoms with Crippen LogP contribution in [0.3, 0.4) is 0 Å². The SMILES string of the molecule is Nc1cncc(-c2ccc(CN3CCCCC3)cn2)c1. The van der Waals surface area contributed by atoms with E-state index in [-0.39, 0.29) is 0 Å². The van der Waals surface area contributed by atoms with Gasteiger partial charge in [-0.05, 0) is 43.6 Å². The van der Waals surface area contributed by atoms with Crippen molar-refractivity contribution in [2.24, 2.45) is 0 Å². The molecule has 1 aliphatic rings. The Labute approximate surface area is 119 Å². The normalized spacial score (nSPS) is 16.2. The molecule has 0 spiro atoms. The van der Waals surface area contributed by atoms with Gasteiger partial charge in [0.05, 0.1) is 11.4 Å². The largest absolute Gasteiger partial charge is 0.397 e. The van der Waals surface area contributed by atoms with E-state index in [1.54, 1.807) is 12.4 Å². The van der Waals surface area contributed by atoms with Crippen LogP contribution in [-0.2, 0) is 6.54 Å². The molecule has 1 fully saturated rings. The first-order valence-corrected chi connectivity index (χ1v) is 7.19. The number of nitrogens with zero attached hydrogens (tertiary/aromatic N) is 3. The molecule has 0 saturated carbocycles. The average molecular weight is 268 g/mol. The molecule has 4 heteroatoms. The number of hydrogen-bond donors (Lipinski definition) is 1. The molecule has 0 amide bonds. The summed E-state index contributed by atoms with van der Waals surface area (Å²) in [6, 6.07) is 6.11. The van der Waals surface area contributed by atoms with Crippen molar-refractivity contribution < 1.29 is 0 Å². The summed E-state index contributed by atoms with van der Waals surface area (Å²) in [6.45, 7) is 3.42. The lowest BCUT2D eigenvalue weighted by Crippen LogP contribution is -2.29. The monoisotopic (exact) mass is 268 g/mol. The van der Waals surface area contributed by atoms with Crippen LogP contribution >= 0.6 is 0 Å². The van der Waals surface area contributed by atoms with E-state index in [0.717, 1.165) is 17.8 Å². The van der Waals surface area contributed by atoms with Crippen molar-refractivity contribution in [3.05, 3.63) is 42.4 Å². The maximum atomic E-state index is 5.75. The van der Waals surface area contributed by atoms with E-state index < -0.39 is 0 Å². The molecule has 0 radical (unpaired) electrons. The summed E-state index contributed by atoms with van der Waals surface area (Å²) in [5.41, 5.74) is 9.58. The van der Waals surface area contributed by atoms with E-state index in [1.807, 2.05) is 12.3 Å². The summed E-state index contributed by atoms with van der Waals surface area (Å²) >= 11 is 0. The molecule has 0 aromatic carbocycles. The molecular weight excluding hydrogens is 248 g/mol. The molecule has 104 valence electrons. The number of nitrogens with two attached hydrogens (primary N) is 1. The summed E-state index contributed by atoms with van der Waals surface area (Å²) in [4.78, 5) is 11.1. The van der Waals surface area contributed by atoms with Crippen molar-refractivity contribution in [3.8, 4) is 11.3 Å². The first-order valence-electron chi connectivity index (χ1n) is 7.19. The fourth-order valence-electron chi connectivity index (χ4n) is 2.66. The van der Waals surface area contributed by atoms with Gasteiger partial charge < -0.3 is 5.73 Å². The van der Waals surface area contributed by atoms with Gasteiger partial charge in [0, 0.05) is 30.7 Å². The third kappa shape index (κ3) is 3.14. The van der Waals surface area contributed by atoms with Crippen molar-refractivity contribution in [1.82, 2.24) is 14.9 Å². The average Bonchev–Trinajstić information content (AvgIpc) is 2.49. The Balaban J connectivity index is 1.71. The second-order valence-corrected chi connectivity index (χ2v) is 5.40. The lowest BCUT2D eigenvalue weighted by atomic mass is 10.1.